The van der Waals surface area contributed by atoms with E-state index in [0.29, 0.717) is 0 Å². The van der Waals surface area contributed by atoms with Crippen molar-refractivity contribution in [1.82, 2.24) is 9.78 Å². The average molecular weight is 277 g/mol. The van der Waals surface area contributed by atoms with Crippen LogP contribution in [0.1, 0.15) is 16.7 Å². The van der Waals surface area contributed by atoms with Gasteiger partial charge >= 0.3 is 0 Å². The van der Waals surface area contributed by atoms with Crippen molar-refractivity contribution in [2.75, 3.05) is 5.32 Å². The van der Waals surface area contributed by atoms with E-state index >= 15 is 0 Å². The van der Waals surface area contributed by atoms with E-state index in [1.807, 2.05) is 29.1 Å². The first-order chi connectivity index (χ1) is 10.2. The van der Waals surface area contributed by atoms with Crippen LogP contribution in [0.2, 0.25) is 0 Å². The van der Waals surface area contributed by atoms with Gasteiger partial charge in [-0.1, -0.05) is 30.3 Å². The molecule has 0 saturated heterocycles. The minimum atomic E-state index is 0.775. The number of benzene rings is 2. The maximum absolute atomic E-state index is 4.42. The highest BCUT2D eigenvalue weighted by Gasteiger charge is 2.02. The summed E-state index contributed by atoms with van der Waals surface area (Å²) in [5, 5.41) is 7.90. The highest BCUT2D eigenvalue weighted by Crippen LogP contribution is 2.17. The topological polar surface area (TPSA) is 29.9 Å². The standard InChI is InChI=1S/C18H19N3/c1-14-8-9-15(2)18(10-14)19-11-16-12-20-21(13-16)17-6-4-3-5-7-17/h3-10,12-13,19H,11H2,1-2H3. The number of nitrogens with one attached hydrogen (secondary N) is 1. The molecule has 0 aliphatic rings. The molecule has 106 valence electrons. The molecule has 0 fully saturated rings. The van der Waals surface area contributed by atoms with Crippen molar-refractivity contribution in [2.45, 2.75) is 20.4 Å². The van der Waals surface area contributed by atoms with Gasteiger partial charge in [-0.2, -0.15) is 5.10 Å². The molecule has 2 aromatic carbocycles. The molecule has 0 bridgehead atoms. The Balaban J connectivity index is 1.72. The molecule has 3 rings (SSSR count). The summed E-state index contributed by atoms with van der Waals surface area (Å²) in [5.74, 6) is 0. The van der Waals surface area contributed by atoms with Gasteiger partial charge < -0.3 is 5.32 Å². The first-order valence-corrected chi connectivity index (χ1v) is 7.12. The number of aryl methyl sites for hydroxylation is 2. The number of hydrogen-bond donors (Lipinski definition) is 1. The largest absolute Gasteiger partial charge is 0.381 e. The van der Waals surface area contributed by atoms with Crippen LogP contribution in [0.4, 0.5) is 5.69 Å². The first-order valence-electron chi connectivity index (χ1n) is 7.12. The lowest BCUT2D eigenvalue weighted by molar-refractivity contribution is 0.880. The Hall–Kier alpha value is -2.55. The summed E-state index contributed by atoms with van der Waals surface area (Å²) < 4.78 is 1.90. The number of hydrogen-bond acceptors (Lipinski definition) is 2. The molecule has 3 heteroatoms. The molecule has 0 atom stereocenters. The molecule has 0 aliphatic heterocycles. The fraction of sp³-hybridized carbons (Fsp3) is 0.167. The van der Waals surface area contributed by atoms with Gasteiger partial charge in [-0.15, -0.1) is 0 Å². The van der Waals surface area contributed by atoms with Crippen LogP contribution in [-0.2, 0) is 6.54 Å². The van der Waals surface area contributed by atoms with Crippen molar-refractivity contribution in [3.05, 3.63) is 77.6 Å². The summed E-state index contributed by atoms with van der Waals surface area (Å²) in [5.41, 5.74) is 5.96. The van der Waals surface area contributed by atoms with Crippen molar-refractivity contribution in [1.29, 1.82) is 0 Å². The van der Waals surface area contributed by atoms with Crippen molar-refractivity contribution in [2.24, 2.45) is 0 Å². The Labute approximate surface area is 125 Å². The molecule has 0 spiro atoms. The van der Waals surface area contributed by atoms with E-state index in [-0.39, 0.29) is 0 Å². The molecule has 0 amide bonds. The summed E-state index contributed by atoms with van der Waals surface area (Å²) in [4.78, 5) is 0. The van der Waals surface area contributed by atoms with Crippen LogP contribution in [-0.4, -0.2) is 9.78 Å². The number of nitrogens with zero attached hydrogens (tertiary/aromatic N) is 2. The van der Waals surface area contributed by atoms with Crippen LogP contribution in [0.3, 0.4) is 0 Å². The van der Waals surface area contributed by atoms with Gasteiger partial charge in [0.1, 0.15) is 0 Å². The Bertz CT molecular complexity index is 729. The number of para-hydroxylation sites is 1. The van der Waals surface area contributed by atoms with E-state index in [0.717, 1.165) is 12.2 Å². The van der Waals surface area contributed by atoms with Gasteiger partial charge in [-0.05, 0) is 43.2 Å². The van der Waals surface area contributed by atoms with Crippen LogP contribution < -0.4 is 5.32 Å². The molecule has 1 aromatic heterocycles. The molecule has 21 heavy (non-hydrogen) atoms. The molecule has 1 heterocycles. The van der Waals surface area contributed by atoms with Gasteiger partial charge in [-0.3, -0.25) is 0 Å². The SMILES string of the molecule is Cc1ccc(C)c(NCc2cnn(-c3ccccc3)c2)c1. The lowest BCUT2D eigenvalue weighted by Crippen LogP contribution is -2.00. The second-order valence-electron chi connectivity index (χ2n) is 5.30. The predicted molar refractivity (Wildman–Crippen MR) is 86.8 cm³/mol. The first kappa shape index (κ1) is 13.4. The second-order valence-corrected chi connectivity index (χ2v) is 5.30. The zero-order chi connectivity index (χ0) is 14.7. The van der Waals surface area contributed by atoms with E-state index in [4.69, 9.17) is 0 Å². The summed E-state index contributed by atoms with van der Waals surface area (Å²) in [6, 6.07) is 16.6. The molecular weight excluding hydrogens is 258 g/mol. The molecule has 1 N–H and O–H groups in total. The fourth-order valence-electron chi connectivity index (χ4n) is 2.30. The quantitative estimate of drug-likeness (QED) is 0.778. The van der Waals surface area contributed by atoms with Gasteiger partial charge in [0.05, 0.1) is 11.9 Å². The third kappa shape index (κ3) is 3.14. The van der Waals surface area contributed by atoms with Crippen LogP contribution in [0.15, 0.2) is 60.9 Å². The fourth-order valence-corrected chi connectivity index (χ4v) is 2.30. The average Bonchev–Trinajstić information content (AvgIpc) is 2.98. The normalized spacial score (nSPS) is 10.6. The third-order valence-electron chi connectivity index (χ3n) is 3.53. The number of anilines is 1. The van der Waals surface area contributed by atoms with E-state index < -0.39 is 0 Å². The van der Waals surface area contributed by atoms with E-state index in [1.165, 1.54) is 22.4 Å². The summed E-state index contributed by atoms with van der Waals surface area (Å²) in [7, 11) is 0. The monoisotopic (exact) mass is 277 g/mol. The van der Waals surface area contributed by atoms with E-state index in [9.17, 15) is 0 Å². The van der Waals surface area contributed by atoms with Crippen molar-refractivity contribution in [3.63, 3.8) is 0 Å². The smallest absolute Gasteiger partial charge is 0.0645 e. The van der Waals surface area contributed by atoms with Gasteiger partial charge in [0, 0.05) is 24.0 Å². The van der Waals surface area contributed by atoms with Gasteiger partial charge in [0.2, 0.25) is 0 Å². The number of rotatable bonds is 4. The Morgan fingerprint density at radius 2 is 1.86 bits per heavy atom. The van der Waals surface area contributed by atoms with Crippen LogP contribution in [0, 0.1) is 13.8 Å². The maximum atomic E-state index is 4.42. The second kappa shape index (κ2) is 5.83. The van der Waals surface area contributed by atoms with E-state index in [2.05, 4.69) is 60.8 Å². The zero-order valence-corrected chi connectivity index (χ0v) is 12.4. The summed E-state index contributed by atoms with van der Waals surface area (Å²) in [6.45, 7) is 5.00. The zero-order valence-electron chi connectivity index (χ0n) is 12.4. The van der Waals surface area contributed by atoms with Crippen molar-refractivity contribution >= 4 is 5.69 Å². The van der Waals surface area contributed by atoms with Gasteiger partial charge in [-0.25, -0.2) is 4.68 Å². The Morgan fingerprint density at radius 3 is 2.67 bits per heavy atom. The Morgan fingerprint density at radius 1 is 1.05 bits per heavy atom. The van der Waals surface area contributed by atoms with Crippen molar-refractivity contribution in [3.8, 4) is 5.69 Å². The highest BCUT2D eigenvalue weighted by atomic mass is 15.3. The van der Waals surface area contributed by atoms with Gasteiger partial charge in [0.25, 0.3) is 0 Å². The van der Waals surface area contributed by atoms with Crippen molar-refractivity contribution < 1.29 is 0 Å². The molecule has 3 aromatic rings. The lowest BCUT2D eigenvalue weighted by atomic mass is 10.1. The molecule has 0 aliphatic carbocycles. The summed E-state index contributed by atoms with van der Waals surface area (Å²) >= 11 is 0. The van der Waals surface area contributed by atoms with Crippen LogP contribution >= 0.6 is 0 Å². The summed E-state index contributed by atoms with van der Waals surface area (Å²) in [6.07, 6.45) is 3.97. The lowest BCUT2D eigenvalue weighted by Gasteiger charge is -2.09. The number of aromatic nitrogens is 2. The molecular formula is C18H19N3. The van der Waals surface area contributed by atoms with Gasteiger partial charge in [0.15, 0.2) is 0 Å². The van der Waals surface area contributed by atoms with Crippen LogP contribution in [0.25, 0.3) is 5.69 Å². The van der Waals surface area contributed by atoms with E-state index in [1.54, 1.807) is 0 Å². The molecule has 0 unspecified atom stereocenters. The molecule has 3 nitrogen and oxygen atoms in total. The Kier molecular flexibility index (Phi) is 3.73. The van der Waals surface area contributed by atoms with Crippen LogP contribution in [0.5, 0.6) is 0 Å². The highest BCUT2D eigenvalue weighted by molar-refractivity contribution is 5.52. The predicted octanol–water partition coefficient (Wildman–Crippen LogP) is 4.10. The molecule has 0 radical (unpaired) electrons. The minimum absolute atomic E-state index is 0.775. The third-order valence-corrected chi connectivity index (χ3v) is 3.53. The minimum Gasteiger partial charge on any atom is -0.381 e. The molecule has 0 saturated carbocycles. The maximum Gasteiger partial charge on any atom is 0.0645 e.